The molecule has 1 aromatic carbocycles. The van der Waals surface area contributed by atoms with Gasteiger partial charge in [0, 0.05) is 18.7 Å². The lowest BCUT2D eigenvalue weighted by Gasteiger charge is -2.35. The van der Waals surface area contributed by atoms with Gasteiger partial charge in [-0.25, -0.2) is 0 Å². The number of aryl methyl sites for hydroxylation is 1. The highest BCUT2D eigenvalue weighted by Gasteiger charge is 2.21. The van der Waals surface area contributed by atoms with Crippen LogP contribution >= 0.6 is 0 Å². The van der Waals surface area contributed by atoms with E-state index < -0.39 is 0 Å². The summed E-state index contributed by atoms with van der Waals surface area (Å²) in [6.07, 6.45) is 2.48. The fraction of sp³-hybridized carbons (Fsp3) is 0.500. The van der Waals surface area contributed by atoms with E-state index in [1.54, 1.807) is 0 Å². The molecule has 1 fully saturated rings. The standard InChI is InChI=1S/C14H21N3O/c1-10-5-4-8-17(9-10)13-11(2)6-3-7-12(13)14(15)16-18/h3,6-7,10,18H,4-5,8-9H2,1-2H3,(H2,15,16). The zero-order chi connectivity index (χ0) is 13.1. The van der Waals surface area contributed by atoms with Crippen LogP contribution in [-0.4, -0.2) is 24.1 Å². The number of piperidine rings is 1. The summed E-state index contributed by atoms with van der Waals surface area (Å²) in [7, 11) is 0. The van der Waals surface area contributed by atoms with E-state index in [-0.39, 0.29) is 5.84 Å². The van der Waals surface area contributed by atoms with Crippen LogP contribution in [0.4, 0.5) is 5.69 Å². The van der Waals surface area contributed by atoms with Crippen LogP contribution in [0.15, 0.2) is 23.4 Å². The maximum absolute atomic E-state index is 8.90. The smallest absolute Gasteiger partial charge is 0.172 e. The molecule has 1 aromatic rings. The summed E-state index contributed by atoms with van der Waals surface area (Å²) >= 11 is 0. The van der Waals surface area contributed by atoms with Gasteiger partial charge in [0.25, 0.3) is 0 Å². The average Bonchev–Trinajstić information content (AvgIpc) is 2.37. The molecule has 2 rings (SSSR count). The molecule has 18 heavy (non-hydrogen) atoms. The molecule has 1 aliphatic rings. The molecule has 0 radical (unpaired) electrons. The number of para-hydroxylation sites is 1. The SMILES string of the molecule is Cc1cccc(/C(N)=N/O)c1N1CCCC(C)C1. The Hall–Kier alpha value is -1.71. The Morgan fingerprint density at radius 2 is 2.28 bits per heavy atom. The molecular formula is C14H21N3O. The van der Waals surface area contributed by atoms with E-state index in [2.05, 4.69) is 30.0 Å². The molecule has 1 unspecified atom stereocenters. The number of benzene rings is 1. The molecule has 0 aromatic heterocycles. The van der Waals surface area contributed by atoms with Gasteiger partial charge in [0.2, 0.25) is 0 Å². The lowest BCUT2D eigenvalue weighted by molar-refractivity contribution is 0.318. The number of rotatable bonds is 2. The molecule has 0 bridgehead atoms. The topological polar surface area (TPSA) is 61.9 Å². The van der Waals surface area contributed by atoms with Gasteiger partial charge in [-0.05, 0) is 37.3 Å². The minimum absolute atomic E-state index is 0.187. The molecule has 0 saturated carbocycles. The quantitative estimate of drug-likeness (QED) is 0.365. The van der Waals surface area contributed by atoms with Gasteiger partial charge in [0.15, 0.2) is 5.84 Å². The largest absolute Gasteiger partial charge is 0.409 e. The predicted molar refractivity (Wildman–Crippen MR) is 74.3 cm³/mol. The Bertz CT molecular complexity index is 456. The minimum Gasteiger partial charge on any atom is -0.409 e. The maximum atomic E-state index is 8.90. The molecule has 4 nitrogen and oxygen atoms in total. The summed E-state index contributed by atoms with van der Waals surface area (Å²) in [5.74, 6) is 0.880. The Morgan fingerprint density at radius 3 is 2.94 bits per heavy atom. The lowest BCUT2D eigenvalue weighted by Crippen LogP contribution is -2.36. The third-order valence-electron chi connectivity index (χ3n) is 3.59. The van der Waals surface area contributed by atoms with E-state index in [1.165, 1.54) is 18.4 Å². The van der Waals surface area contributed by atoms with Crippen molar-refractivity contribution in [3.8, 4) is 0 Å². The fourth-order valence-electron chi connectivity index (χ4n) is 2.73. The van der Waals surface area contributed by atoms with Gasteiger partial charge in [-0.2, -0.15) is 0 Å². The molecule has 0 aliphatic carbocycles. The summed E-state index contributed by atoms with van der Waals surface area (Å²) in [5, 5.41) is 12.0. The molecule has 1 aliphatic heterocycles. The summed E-state index contributed by atoms with van der Waals surface area (Å²) in [6.45, 7) is 6.42. The molecule has 98 valence electrons. The highest BCUT2D eigenvalue weighted by molar-refractivity contribution is 6.02. The second-order valence-corrected chi connectivity index (χ2v) is 5.15. The van der Waals surface area contributed by atoms with E-state index in [1.807, 2.05) is 12.1 Å². The second kappa shape index (κ2) is 5.29. The maximum Gasteiger partial charge on any atom is 0.172 e. The van der Waals surface area contributed by atoms with E-state index >= 15 is 0 Å². The van der Waals surface area contributed by atoms with Gasteiger partial charge >= 0.3 is 0 Å². The van der Waals surface area contributed by atoms with Gasteiger partial charge in [-0.3, -0.25) is 0 Å². The Labute approximate surface area is 108 Å². The summed E-state index contributed by atoms with van der Waals surface area (Å²) in [6, 6.07) is 5.93. The van der Waals surface area contributed by atoms with Gasteiger partial charge in [-0.1, -0.05) is 24.2 Å². The number of anilines is 1. The van der Waals surface area contributed by atoms with Crippen LogP contribution in [0.1, 0.15) is 30.9 Å². The number of nitrogens with zero attached hydrogens (tertiary/aromatic N) is 2. The zero-order valence-corrected chi connectivity index (χ0v) is 11.1. The third-order valence-corrected chi connectivity index (χ3v) is 3.59. The molecule has 1 saturated heterocycles. The first-order valence-electron chi connectivity index (χ1n) is 6.46. The highest BCUT2D eigenvalue weighted by Crippen LogP contribution is 2.29. The van der Waals surface area contributed by atoms with Crippen LogP contribution in [-0.2, 0) is 0 Å². The van der Waals surface area contributed by atoms with Crippen molar-refractivity contribution in [3.05, 3.63) is 29.3 Å². The van der Waals surface area contributed by atoms with Gasteiger partial charge in [-0.15, -0.1) is 0 Å². The molecular weight excluding hydrogens is 226 g/mol. The van der Waals surface area contributed by atoms with Crippen LogP contribution in [0, 0.1) is 12.8 Å². The van der Waals surface area contributed by atoms with E-state index in [0.717, 1.165) is 24.3 Å². The van der Waals surface area contributed by atoms with Crippen molar-refractivity contribution in [2.75, 3.05) is 18.0 Å². The highest BCUT2D eigenvalue weighted by atomic mass is 16.4. The summed E-state index contributed by atoms with van der Waals surface area (Å²) in [5.41, 5.74) is 8.89. The first kappa shape index (κ1) is 12.7. The van der Waals surface area contributed by atoms with Crippen LogP contribution in [0.25, 0.3) is 0 Å². The molecule has 0 spiro atoms. The molecule has 3 N–H and O–H groups in total. The van der Waals surface area contributed by atoms with Crippen LogP contribution in [0.2, 0.25) is 0 Å². The number of hydrogen-bond acceptors (Lipinski definition) is 3. The Balaban J connectivity index is 2.42. The second-order valence-electron chi connectivity index (χ2n) is 5.15. The van der Waals surface area contributed by atoms with Crippen molar-refractivity contribution < 1.29 is 5.21 Å². The van der Waals surface area contributed by atoms with Crippen molar-refractivity contribution >= 4 is 11.5 Å². The fourth-order valence-corrected chi connectivity index (χ4v) is 2.73. The summed E-state index contributed by atoms with van der Waals surface area (Å²) < 4.78 is 0. The number of amidine groups is 1. The molecule has 1 heterocycles. The molecule has 1 atom stereocenters. The Kier molecular flexibility index (Phi) is 3.75. The average molecular weight is 247 g/mol. The number of nitrogens with two attached hydrogens (primary N) is 1. The lowest BCUT2D eigenvalue weighted by atomic mass is 9.97. The minimum atomic E-state index is 0.187. The van der Waals surface area contributed by atoms with Crippen molar-refractivity contribution in [1.82, 2.24) is 0 Å². The first-order valence-corrected chi connectivity index (χ1v) is 6.46. The monoisotopic (exact) mass is 247 g/mol. The van der Waals surface area contributed by atoms with Crippen LogP contribution < -0.4 is 10.6 Å². The van der Waals surface area contributed by atoms with Crippen molar-refractivity contribution in [3.63, 3.8) is 0 Å². The summed E-state index contributed by atoms with van der Waals surface area (Å²) in [4.78, 5) is 2.36. The molecule has 4 heteroatoms. The van der Waals surface area contributed by atoms with E-state index in [9.17, 15) is 0 Å². The zero-order valence-electron chi connectivity index (χ0n) is 11.1. The normalized spacial score (nSPS) is 21.1. The predicted octanol–water partition coefficient (Wildman–Crippen LogP) is 2.33. The Morgan fingerprint density at radius 1 is 1.50 bits per heavy atom. The van der Waals surface area contributed by atoms with Crippen molar-refractivity contribution in [2.24, 2.45) is 16.8 Å². The van der Waals surface area contributed by atoms with Crippen molar-refractivity contribution in [1.29, 1.82) is 0 Å². The molecule has 0 amide bonds. The van der Waals surface area contributed by atoms with Gasteiger partial charge in [0.05, 0.1) is 5.69 Å². The first-order chi connectivity index (χ1) is 8.63. The van der Waals surface area contributed by atoms with Crippen LogP contribution in [0.3, 0.4) is 0 Å². The number of hydrogen-bond donors (Lipinski definition) is 2. The van der Waals surface area contributed by atoms with E-state index in [4.69, 9.17) is 10.9 Å². The number of oxime groups is 1. The third kappa shape index (κ3) is 2.42. The van der Waals surface area contributed by atoms with Crippen LogP contribution in [0.5, 0.6) is 0 Å². The van der Waals surface area contributed by atoms with Gasteiger partial charge < -0.3 is 15.8 Å². The van der Waals surface area contributed by atoms with Gasteiger partial charge in [0.1, 0.15) is 0 Å². The van der Waals surface area contributed by atoms with E-state index in [0.29, 0.717) is 5.92 Å². The van der Waals surface area contributed by atoms with Crippen molar-refractivity contribution in [2.45, 2.75) is 26.7 Å².